The maximum absolute atomic E-state index is 12.9. The molecule has 2 rings (SSSR count). The number of pyridine rings is 1. The lowest BCUT2D eigenvalue weighted by Crippen LogP contribution is -2.12. The first-order chi connectivity index (χ1) is 9.92. The number of anilines is 1. The highest BCUT2D eigenvalue weighted by Crippen LogP contribution is 2.16. The van der Waals surface area contributed by atoms with Crippen LogP contribution in [0.15, 0.2) is 47.5 Å². The number of carbonyl (C=O) groups is 1. The summed E-state index contributed by atoms with van der Waals surface area (Å²) < 4.78 is 36.2. The van der Waals surface area contributed by atoms with Crippen LogP contribution in [0.25, 0.3) is 0 Å². The van der Waals surface area contributed by atoms with Crippen molar-refractivity contribution in [2.75, 3.05) is 11.1 Å². The van der Waals surface area contributed by atoms with Crippen LogP contribution >= 0.6 is 0 Å². The lowest BCUT2D eigenvalue weighted by atomic mass is 10.2. The van der Waals surface area contributed by atoms with Gasteiger partial charge in [0.25, 0.3) is 5.91 Å². The highest BCUT2D eigenvalue weighted by atomic mass is 32.2. The number of hydrogen-bond donors (Lipinski definition) is 1. The van der Waals surface area contributed by atoms with Gasteiger partial charge in [0, 0.05) is 23.5 Å². The van der Waals surface area contributed by atoms with E-state index in [0.29, 0.717) is 5.69 Å². The van der Waals surface area contributed by atoms with Crippen LogP contribution in [0, 0.1) is 5.95 Å². The lowest BCUT2D eigenvalue weighted by Gasteiger charge is -2.06. The molecule has 1 amide bonds. The molecule has 7 heteroatoms. The van der Waals surface area contributed by atoms with E-state index in [-0.39, 0.29) is 16.2 Å². The van der Waals surface area contributed by atoms with Crippen LogP contribution in [0.4, 0.5) is 10.1 Å². The number of sulfone groups is 1. The molecule has 0 spiro atoms. The number of nitrogens with one attached hydrogen (secondary N) is 1. The largest absolute Gasteiger partial charge is 0.322 e. The molecule has 0 aliphatic carbocycles. The van der Waals surface area contributed by atoms with Gasteiger partial charge in [-0.15, -0.1) is 0 Å². The number of carbonyl (C=O) groups excluding carboxylic acids is 1. The van der Waals surface area contributed by atoms with Crippen LogP contribution < -0.4 is 5.32 Å². The predicted molar refractivity (Wildman–Crippen MR) is 76.3 cm³/mol. The fourth-order valence-electron chi connectivity index (χ4n) is 1.66. The van der Waals surface area contributed by atoms with Crippen molar-refractivity contribution in [3.8, 4) is 0 Å². The minimum Gasteiger partial charge on any atom is -0.322 e. The van der Waals surface area contributed by atoms with Crippen molar-refractivity contribution in [1.82, 2.24) is 4.98 Å². The zero-order chi connectivity index (χ0) is 15.5. The van der Waals surface area contributed by atoms with E-state index < -0.39 is 21.7 Å². The van der Waals surface area contributed by atoms with Crippen molar-refractivity contribution >= 4 is 21.4 Å². The Morgan fingerprint density at radius 3 is 2.48 bits per heavy atom. The number of nitrogens with zero attached hydrogens (tertiary/aromatic N) is 1. The van der Waals surface area contributed by atoms with Gasteiger partial charge in [0.2, 0.25) is 5.95 Å². The van der Waals surface area contributed by atoms with Gasteiger partial charge in [-0.05, 0) is 30.3 Å². The first kappa shape index (κ1) is 15.1. The zero-order valence-corrected chi connectivity index (χ0v) is 12.0. The summed E-state index contributed by atoms with van der Waals surface area (Å²) in [6.07, 6.45) is 1.20. The molecule has 110 valence electrons. The van der Waals surface area contributed by atoms with Gasteiger partial charge >= 0.3 is 0 Å². The van der Waals surface area contributed by atoms with Gasteiger partial charge in [-0.3, -0.25) is 4.79 Å². The first-order valence-corrected chi connectivity index (χ1v) is 7.83. The third kappa shape index (κ3) is 3.63. The molecule has 0 aliphatic heterocycles. The molecule has 0 fully saturated rings. The van der Waals surface area contributed by atoms with Crippen LogP contribution in [0.5, 0.6) is 0 Å². The molecule has 2 aromatic rings. The molecule has 0 aliphatic rings. The number of hydrogen-bond acceptors (Lipinski definition) is 4. The average Bonchev–Trinajstić information content (AvgIpc) is 2.48. The van der Waals surface area contributed by atoms with Gasteiger partial charge in [-0.2, -0.15) is 4.39 Å². The van der Waals surface area contributed by atoms with Crippen LogP contribution in [-0.2, 0) is 9.84 Å². The van der Waals surface area contributed by atoms with E-state index in [4.69, 9.17) is 0 Å². The van der Waals surface area contributed by atoms with E-state index in [1.54, 1.807) is 6.92 Å². The summed E-state index contributed by atoms with van der Waals surface area (Å²) in [7, 11) is -3.27. The highest BCUT2D eigenvalue weighted by Gasteiger charge is 2.12. The second-order valence-corrected chi connectivity index (χ2v) is 6.53. The van der Waals surface area contributed by atoms with Gasteiger partial charge in [0.05, 0.1) is 10.6 Å². The summed E-state index contributed by atoms with van der Waals surface area (Å²) in [6.45, 7) is 1.56. The molecule has 0 radical (unpaired) electrons. The quantitative estimate of drug-likeness (QED) is 0.879. The zero-order valence-electron chi connectivity index (χ0n) is 11.2. The minimum atomic E-state index is -3.27. The Balaban J connectivity index is 2.16. The topological polar surface area (TPSA) is 76.1 Å². The minimum absolute atomic E-state index is 0.00893. The van der Waals surface area contributed by atoms with Gasteiger partial charge in [0.15, 0.2) is 9.84 Å². The third-order valence-corrected chi connectivity index (χ3v) is 4.59. The molecule has 0 unspecified atom stereocenters. The second kappa shape index (κ2) is 6.01. The number of rotatable bonds is 4. The Bertz CT molecular complexity index is 758. The van der Waals surface area contributed by atoms with Gasteiger partial charge in [0.1, 0.15) is 0 Å². The van der Waals surface area contributed by atoms with Crippen LogP contribution in [-0.4, -0.2) is 25.1 Å². The van der Waals surface area contributed by atoms with E-state index in [1.165, 1.54) is 36.5 Å². The monoisotopic (exact) mass is 308 g/mol. The normalized spacial score (nSPS) is 11.1. The molecular formula is C14H13FN2O3S. The smallest absolute Gasteiger partial charge is 0.255 e. The Hall–Kier alpha value is -2.28. The molecule has 0 saturated carbocycles. The lowest BCUT2D eigenvalue weighted by molar-refractivity contribution is 0.102. The van der Waals surface area contributed by atoms with Crippen LogP contribution in [0.1, 0.15) is 17.3 Å². The standard InChI is InChI=1S/C14H13FN2O3S/c1-2-21(19,20)12-5-3-11(4-6-12)17-14(18)10-7-8-16-13(15)9-10/h3-9H,2H2,1H3,(H,17,18). The molecule has 1 N–H and O–H groups in total. The fourth-order valence-corrected chi connectivity index (χ4v) is 2.54. The summed E-state index contributed by atoms with van der Waals surface area (Å²) in [4.78, 5) is 15.4. The Kier molecular flexibility index (Phi) is 4.32. The third-order valence-electron chi connectivity index (χ3n) is 2.84. The predicted octanol–water partition coefficient (Wildman–Crippen LogP) is 2.27. The van der Waals surface area contributed by atoms with Crippen LogP contribution in [0.2, 0.25) is 0 Å². The number of benzene rings is 1. The molecule has 0 bridgehead atoms. The Labute approximate surface area is 121 Å². The summed E-state index contributed by atoms with van der Waals surface area (Å²) in [5, 5.41) is 2.55. The Morgan fingerprint density at radius 2 is 1.90 bits per heavy atom. The van der Waals surface area contributed by atoms with E-state index in [1.807, 2.05) is 0 Å². The maximum atomic E-state index is 12.9. The molecular weight excluding hydrogens is 295 g/mol. The molecule has 5 nitrogen and oxygen atoms in total. The maximum Gasteiger partial charge on any atom is 0.255 e. The summed E-state index contributed by atoms with van der Waals surface area (Å²) in [5.74, 6) is -1.23. The number of halogens is 1. The second-order valence-electron chi connectivity index (χ2n) is 4.25. The average molecular weight is 308 g/mol. The summed E-state index contributed by atoms with van der Waals surface area (Å²) in [5.41, 5.74) is 0.556. The van der Waals surface area contributed by atoms with E-state index in [2.05, 4.69) is 10.3 Å². The van der Waals surface area contributed by atoms with Crippen molar-refractivity contribution in [3.63, 3.8) is 0 Å². The fraction of sp³-hybridized carbons (Fsp3) is 0.143. The number of aromatic nitrogens is 1. The molecule has 1 aromatic heterocycles. The molecule has 1 heterocycles. The summed E-state index contributed by atoms with van der Waals surface area (Å²) >= 11 is 0. The first-order valence-electron chi connectivity index (χ1n) is 6.18. The number of amides is 1. The SMILES string of the molecule is CCS(=O)(=O)c1ccc(NC(=O)c2ccnc(F)c2)cc1. The molecule has 1 aromatic carbocycles. The van der Waals surface area contributed by atoms with Crippen molar-refractivity contribution in [2.45, 2.75) is 11.8 Å². The van der Waals surface area contributed by atoms with Crippen LogP contribution in [0.3, 0.4) is 0 Å². The van der Waals surface area contributed by atoms with Gasteiger partial charge in [-0.1, -0.05) is 6.92 Å². The van der Waals surface area contributed by atoms with Crippen molar-refractivity contribution in [1.29, 1.82) is 0 Å². The van der Waals surface area contributed by atoms with Gasteiger partial charge in [-0.25, -0.2) is 13.4 Å². The molecule has 21 heavy (non-hydrogen) atoms. The van der Waals surface area contributed by atoms with E-state index >= 15 is 0 Å². The van der Waals surface area contributed by atoms with Crippen molar-refractivity contribution in [3.05, 3.63) is 54.1 Å². The van der Waals surface area contributed by atoms with Crippen molar-refractivity contribution in [2.24, 2.45) is 0 Å². The Morgan fingerprint density at radius 1 is 1.24 bits per heavy atom. The van der Waals surface area contributed by atoms with Crippen molar-refractivity contribution < 1.29 is 17.6 Å². The molecule has 0 atom stereocenters. The van der Waals surface area contributed by atoms with E-state index in [0.717, 1.165) is 6.07 Å². The summed E-state index contributed by atoms with van der Waals surface area (Å²) in [6, 6.07) is 8.21. The van der Waals surface area contributed by atoms with Gasteiger partial charge < -0.3 is 5.32 Å². The molecule has 0 saturated heterocycles. The highest BCUT2D eigenvalue weighted by molar-refractivity contribution is 7.91. The van der Waals surface area contributed by atoms with E-state index in [9.17, 15) is 17.6 Å².